The first-order valence-corrected chi connectivity index (χ1v) is 7.25. The molecule has 5 heteroatoms. The lowest BCUT2D eigenvalue weighted by Gasteiger charge is -2.15. The predicted molar refractivity (Wildman–Crippen MR) is 67.9 cm³/mol. The quantitative estimate of drug-likeness (QED) is 0.802. The van der Waals surface area contributed by atoms with Crippen molar-refractivity contribution < 1.29 is 13.5 Å². The number of nitrogens with one attached hydrogen (secondary N) is 1. The smallest absolute Gasteiger partial charge is 0.215 e. The van der Waals surface area contributed by atoms with E-state index < -0.39 is 16.1 Å². The van der Waals surface area contributed by atoms with Crippen LogP contribution in [0.15, 0.2) is 30.3 Å². The molecule has 0 aliphatic rings. The van der Waals surface area contributed by atoms with Gasteiger partial charge in [-0.3, -0.25) is 0 Å². The van der Waals surface area contributed by atoms with E-state index in [9.17, 15) is 13.5 Å². The Morgan fingerprint density at radius 3 is 2.35 bits per heavy atom. The second-order valence-corrected chi connectivity index (χ2v) is 6.21. The van der Waals surface area contributed by atoms with Gasteiger partial charge in [0.2, 0.25) is 10.0 Å². The molecule has 0 saturated heterocycles. The zero-order valence-corrected chi connectivity index (χ0v) is 10.9. The fourth-order valence-corrected chi connectivity index (χ4v) is 2.45. The molecule has 0 amide bonds. The number of aliphatic hydroxyl groups excluding tert-OH is 1. The van der Waals surface area contributed by atoms with Crippen LogP contribution in [0, 0.1) is 5.92 Å². The highest BCUT2D eigenvalue weighted by molar-refractivity contribution is 7.88. The lowest BCUT2D eigenvalue weighted by atomic mass is 10.1. The zero-order valence-electron chi connectivity index (χ0n) is 10.1. The lowest BCUT2D eigenvalue weighted by Crippen LogP contribution is -2.35. The molecule has 0 aliphatic carbocycles. The molecule has 0 aromatic heterocycles. The van der Waals surface area contributed by atoms with Crippen molar-refractivity contribution in [2.45, 2.75) is 25.7 Å². The second-order valence-electron chi connectivity index (χ2n) is 4.40. The summed E-state index contributed by atoms with van der Waals surface area (Å²) in [6.07, 6.45) is -0.652. The average molecular weight is 257 g/mol. The molecule has 1 rings (SSSR count). The highest BCUT2D eigenvalue weighted by Gasteiger charge is 2.15. The van der Waals surface area contributed by atoms with Gasteiger partial charge in [0.1, 0.15) is 0 Å². The van der Waals surface area contributed by atoms with Gasteiger partial charge in [-0.15, -0.1) is 0 Å². The summed E-state index contributed by atoms with van der Waals surface area (Å²) in [6, 6.07) is 8.96. The van der Waals surface area contributed by atoms with E-state index in [1.54, 1.807) is 24.3 Å². The number of sulfonamides is 1. The fraction of sp³-hybridized carbons (Fsp3) is 0.500. The predicted octanol–water partition coefficient (Wildman–Crippen LogP) is 1.12. The van der Waals surface area contributed by atoms with E-state index >= 15 is 0 Å². The molecule has 0 spiro atoms. The highest BCUT2D eigenvalue weighted by Crippen LogP contribution is 2.05. The molecule has 0 fully saturated rings. The van der Waals surface area contributed by atoms with Gasteiger partial charge < -0.3 is 5.11 Å². The topological polar surface area (TPSA) is 66.4 Å². The van der Waals surface area contributed by atoms with Crippen LogP contribution in [0.5, 0.6) is 0 Å². The summed E-state index contributed by atoms with van der Waals surface area (Å²) in [6.45, 7) is 3.75. The molecule has 4 nitrogen and oxygen atoms in total. The first kappa shape index (κ1) is 14.2. The first-order chi connectivity index (χ1) is 7.91. The van der Waals surface area contributed by atoms with Gasteiger partial charge in [0.15, 0.2) is 0 Å². The summed E-state index contributed by atoms with van der Waals surface area (Å²) < 4.78 is 25.8. The van der Waals surface area contributed by atoms with Crippen molar-refractivity contribution in [3.63, 3.8) is 0 Å². The van der Waals surface area contributed by atoms with Crippen LogP contribution in [-0.4, -0.2) is 26.2 Å². The summed E-state index contributed by atoms with van der Waals surface area (Å²) >= 11 is 0. The van der Waals surface area contributed by atoms with Gasteiger partial charge in [-0.1, -0.05) is 44.2 Å². The molecule has 1 atom stereocenters. The van der Waals surface area contributed by atoms with Crippen molar-refractivity contribution in [2.75, 3.05) is 6.54 Å². The van der Waals surface area contributed by atoms with Crippen molar-refractivity contribution in [3.8, 4) is 0 Å². The Morgan fingerprint density at radius 1 is 1.24 bits per heavy atom. The van der Waals surface area contributed by atoms with E-state index in [4.69, 9.17) is 0 Å². The normalized spacial score (nSPS) is 13.9. The molecule has 0 bridgehead atoms. The third-order valence-corrected chi connectivity index (χ3v) is 3.80. The number of rotatable bonds is 6. The van der Waals surface area contributed by atoms with Crippen molar-refractivity contribution in [1.82, 2.24) is 4.72 Å². The summed E-state index contributed by atoms with van der Waals surface area (Å²) in [5.41, 5.74) is 0.735. The molecular formula is C12H19NO3S. The molecule has 1 aromatic rings. The van der Waals surface area contributed by atoms with Gasteiger partial charge in [-0.25, -0.2) is 13.1 Å². The Morgan fingerprint density at radius 2 is 1.82 bits per heavy atom. The van der Waals surface area contributed by atoms with Gasteiger partial charge >= 0.3 is 0 Å². The van der Waals surface area contributed by atoms with Crippen molar-refractivity contribution in [2.24, 2.45) is 5.92 Å². The van der Waals surface area contributed by atoms with E-state index in [0.29, 0.717) is 0 Å². The van der Waals surface area contributed by atoms with E-state index in [1.807, 2.05) is 19.9 Å². The van der Waals surface area contributed by atoms with E-state index in [2.05, 4.69) is 4.72 Å². The average Bonchev–Trinajstić information content (AvgIpc) is 2.26. The third kappa shape index (κ3) is 5.30. The maximum atomic E-state index is 11.7. The molecule has 96 valence electrons. The maximum Gasteiger partial charge on any atom is 0.215 e. The van der Waals surface area contributed by atoms with Crippen LogP contribution in [-0.2, 0) is 15.8 Å². The number of aliphatic hydroxyl groups is 1. The van der Waals surface area contributed by atoms with Crippen molar-refractivity contribution >= 4 is 10.0 Å². The Hall–Kier alpha value is -0.910. The Kier molecular flexibility index (Phi) is 5.11. The summed E-state index contributed by atoms with van der Waals surface area (Å²) in [7, 11) is -3.37. The molecule has 1 unspecified atom stereocenters. The molecule has 0 aliphatic heterocycles. The third-order valence-electron chi connectivity index (χ3n) is 2.48. The van der Waals surface area contributed by atoms with E-state index in [1.165, 1.54) is 0 Å². The van der Waals surface area contributed by atoms with Crippen LogP contribution in [0.25, 0.3) is 0 Å². The minimum atomic E-state index is -3.37. The van der Waals surface area contributed by atoms with E-state index in [-0.39, 0.29) is 18.2 Å². The lowest BCUT2D eigenvalue weighted by molar-refractivity contribution is 0.129. The highest BCUT2D eigenvalue weighted by atomic mass is 32.2. The molecule has 0 radical (unpaired) electrons. The minimum absolute atomic E-state index is 0.0365. The fourth-order valence-electron chi connectivity index (χ4n) is 1.29. The summed E-state index contributed by atoms with van der Waals surface area (Å²) in [5.74, 6) is -0.0204. The van der Waals surface area contributed by atoms with Crippen molar-refractivity contribution in [1.29, 1.82) is 0 Å². The van der Waals surface area contributed by atoms with Crippen LogP contribution in [0.3, 0.4) is 0 Å². The SMILES string of the molecule is CC(C)C(O)CNS(=O)(=O)Cc1ccccc1. The standard InChI is InChI=1S/C12H19NO3S/c1-10(2)12(14)8-13-17(15,16)9-11-6-4-3-5-7-11/h3-7,10,12-14H,8-9H2,1-2H3. The minimum Gasteiger partial charge on any atom is -0.391 e. The summed E-state index contributed by atoms with van der Waals surface area (Å²) in [5, 5.41) is 9.53. The van der Waals surface area contributed by atoms with Crippen LogP contribution in [0.1, 0.15) is 19.4 Å². The largest absolute Gasteiger partial charge is 0.391 e. The van der Waals surface area contributed by atoms with Gasteiger partial charge in [0.05, 0.1) is 11.9 Å². The molecular weight excluding hydrogens is 238 g/mol. The monoisotopic (exact) mass is 257 g/mol. The van der Waals surface area contributed by atoms with Gasteiger partial charge in [-0.05, 0) is 11.5 Å². The van der Waals surface area contributed by atoms with Crippen LogP contribution >= 0.6 is 0 Å². The van der Waals surface area contributed by atoms with Crippen LogP contribution in [0.2, 0.25) is 0 Å². The van der Waals surface area contributed by atoms with Gasteiger partial charge in [0.25, 0.3) is 0 Å². The zero-order chi connectivity index (χ0) is 12.9. The van der Waals surface area contributed by atoms with Crippen LogP contribution in [0.4, 0.5) is 0 Å². The first-order valence-electron chi connectivity index (χ1n) is 5.60. The van der Waals surface area contributed by atoms with Crippen LogP contribution < -0.4 is 4.72 Å². The maximum absolute atomic E-state index is 11.7. The summed E-state index contributed by atoms with van der Waals surface area (Å²) in [4.78, 5) is 0. The molecule has 17 heavy (non-hydrogen) atoms. The Bertz CT molecular complexity index is 428. The molecule has 1 aromatic carbocycles. The Balaban J connectivity index is 2.53. The van der Waals surface area contributed by atoms with Crippen molar-refractivity contribution in [3.05, 3.63) is 35.9 Å². The molecule has 0 saturated carbocycles. The Labute approximate surface area is 103 Å². The van der Waals surface area contributed by atoms with E-state index in [0.717, 1.165) is 5.56 Å². The molecule has 2 N–H and O–H groups in total. The number of benzene rings is 1. The number of hydrogen-bond donors (Lipinski definition) is 2. The molecule has 0 heterocycles. The van der Waals surface area contributed by atoms with Gasteiger partial charge in [0, 0.05) is 6.54 Å². The van der Waals surface area contributed by atoms with Gasteiger partial charge in [-0.2, -0.15) is 0 Å². The second kappa shape index (κ2) is 6.14. The number of hydrogen-bond acceptors (Lipinski definition) is 3.